The second-order valence-electron chi connectivity index (χ2n) is 3.05. The highest BCUT2D eigenvalue weighted by atomic mass is 32.1. The molecule has 1 aromatic rings. The molecule has 0 aliphatic carbocycles. The maximum absolute atomic E-state index is 9.67. The summed E-state index contributed by atoms with van der Waals surface area (Å²) in [7, 11) is 0. The maximum atomic E-state index is 9.67. The Morgan fingerprint density at radius 3 is 1.75 bits per heavy atom. The van der Waals surface area contributed by atoms with Gasteiger partial charge in [-0.05, 0) is 31.4 Å². The van der Waals surface area contributed by atoms with Crippen molar-refractivity contribution < 1.29 is 20.1 Å². The standard InChI is InChI=1S/C7H8.C3H5NO3S.CH3NOS.CH4/c1-7-5-3-2-4-6-7;5-2(6)1-4-3(7)8;2-1(3)4;/h2-6H,1H3;1H2,(H,5,6)(H2,4,7,8);(H3,2,3,4);1H4. The van der Waals surface area contributed by atoms with Gasteiger partial charge in [-0.1, -0.05) is 43.3 Å². The van der Waals surface area contributed by atoms with Crippen molar-refractivity contribution in [1.29, 1.82) is 0 Å². The fourth-order valence-electron chi connectivity index (χ4n) is 0.686. The van der Waals surface area contributed by atoms with E-state index in [-0.39, 0.29) is 14.0 Å². The Labute approximate surface area is 129 Å². The van der Waals surface area contributed by atoms with Crippen LogP contribution >= 0.6 is 24.4 Å². The Balaban J connectivity index is -0.000000223. The van der Waals surface area contributed by atoms with Crippen LogP contribution in [0.2, 0.25) is 0 Å². The van der Waals surface area contributed by atoms with Crippen molar-refractivity contribution in [2.75, 3.05) is 6.54 Å². The summed E-state index contributed by atoms with van der Waals surface area (Å²) in [6.07, 6.45) is 0. The number of benzene rings is 1. The fourth-order valence-corrected chi connectivity index (χ4v) is 0.758. The Morgan fingerprint density at radius 1 is 1.20 bits per heavy atom. The van der Waals surface area contributed by atoms with Crippen molar-refractivity contribution >= 4 is 40.8 Å². The zero-order chi connectivity index (χ0) is 15.3. The van der Waals surface area contributed by atoms with E-state index in [2.05, 4.69) is 49.2 Å². The molecule has 0 unspecified atom stereocenters. The second-order valence-corrected chi connectivity index (χ2v) is 3.85. The monoisotopic (exact) mass is 320 g/mol. The van der Waals surface area contributed by atoms with Gasteiger partial charge < -0.3 is 26.4 Å². The molecule has 0 heterocycles. The lowest BCUT2D eigenvalue weighted by molar-refractivity contribution is -0.135. The molecule has 6 N–H and O–H groups in total. The van der Waals surface area contributed by atoms with Crippen molar-refractivity contribution in [3.8, 4) is 0 Å². The first-order chi connectivity index (χ1) is 8.75. The number of hydrogen-bond donors (Lipinski definition) is 5. The largest absolute Gasteiger partial charge is 0.487 e. The van der Waals surface area contributed by atoms with Crippen LogP contribution in [0.25, 0.3) is 0 Å². The Bertz CT molecular complexity index is 382. The molecule has 8 heteroatoms. The molecule has 0 radical (unpaired) electrons. The third-order valence-electron chi connectivity index (χ3n) is 1.33. The number of aliphatic hydroxyl groups excluding tert-OH is 2. The number of aryl methyl sites for hydroxylation is 1. The number of nitrogens with one attached hydrogen (secondary N) is 1. The van der Waals surface area contributed by atoms with E-state index in [4.69, 9.17) is 15.3 Å². The Morgan fingerprint density at radius 2 is 1.60 bits per heavy atom. The summed E-state index contributed by atoms with van der Waals surface area (Å²) in [4.78, 5) is 9.67. The highest BCUT2D eigenvalue weighted by molar-refractivity contribution is 7.80. The summed E-state index contributed by atoms with van der Waals surface area (Å²) in [6.45, 7) is 1.75. The number of carboxylic acid groups (broad SMARTS) is 1. The number of hydrogen-bond acceptors (Lipinski definition) is 3. The number of nitrogens with two attached hydrogens (primary N) is 1. The number of thiocarbonyl (C=S) groups is 2. The summed E-state index contributed by atoms with van der Waals surface area (Å²) in [5.41, 5.74) is 5.72. The van der Waals surface area contributed by atoms with Crippen molar-refractivity contribution in [3.63, 3.8) is 0 Å². The quantitative estimate of drug-likeness (QED) is 0.525. The Kier molecular flexibility index (Phi) is 17.5. The molecule has 0 atom stereocenters. The van der Waals surface area contributed by atoms with E-state index in [0.29, 0.717) is 0 Å². The number of carbonyl (C=O) groups is 1. The average Bonchev–Trinajstić information content (AvgIpc) is 2.27. The molecule has 0 fully saturated rings. The lowest BCUT2D eigenvalue weighted by Crippen LogP contribution is -2.27. The summed E-state index contributed by atoms with van der Waals surface area (Å²) >= 11 is 7.97. The van der Waals surface area contributed by atoms with Crippen molar-refractivity contribution in [2.24, 2.45) is 5.73 Å². The van der Waals surface area contributed by atoms with E-state index in [1.807, 2.05) is 23.5 Å². The van der Waals surface area contributed by atoms with Gasteiger partial charge in [0.25, 0.3) is 10.3 Å². The van der Waals surface area contributed by atoms with Crippen LogP contribution in [0.4, 0.5) is 0 Å². The van der Waals surface area contributed by atoms with Crippen LogP contribution in [-0.2, 0) is 4.79 Å². The van der Waals surface area contributed by atoms with E-state index in [1.54, 1.807) is 0 Å². The minimum absolute atomic E-state index is 0. The smallest absolute Gasteiger partial charge is 0.323 e. The molecule has 1 aromatic carbocycles. The van der Waals surface area contributed by atoms with Gasteiger partial charge >= 0.3 is 5.97 Å². The molecular weight excluding hydrogens is 300 g/mol. The first-order valence-electron chi connectivity index (χ1n) is 4.94. The summed E-state index contributed by atoms with van der Waals surface area (Å²) in [5.74, 6) is -1.05. The van der Waals surface area contributed by atoms with Gasteiger partial charge in [-0.3, -0.25) is 4.79 Å². The molecule has 0 saturated carbocycles. The number of aliphatic hydroxyl groups is 2. The molecule has 0 aliphatic heterocycles. The molecule has 0 amide bonds. The summed E-state index contributed by atoms with van der Waals surface area (Å²) in [6, 6.07) is 10.3. The van der Waals surface area contributed by atoms with Gasteiger partial charge in [0.2, 0.25) is 0 Å². The number of aliphatic carboxylic acids is 1. The van der Waals surface area contributed by atoms with E-state index in [1.165, 1.54) is 5.56 Å². The third kappa shape index (κ3) is 29.8. The van der Waals surface area contributed by atoms with Crippen molar-refractivity contribution in [2.45, 2.75) is 14.4 Å². The molecule has 1 rings (SSSR count). The van der Waals surface area contributed by atoms with Gasteiger partial charge in [-0.2, -0.15) is 0 Å². The fraction of sp³-hybridized carbons (Fsp3) is 0.250. The first-order valence-corrected chi connectivity index (χ1v) is 5.76. The van der Waals surface area contributed by atoms with Gasteiger partial charge in [0.15, 0.2) is 0 Å². The lowest BCUT2D eigenvalue weighted by Gasteiger charge is -1.93. The van der Waals surface area contributed by atoms with Crippen LogP contribution in [0.3, 0.4) is 0 Å². The normalized spacial score (nSPS) is 7.45. The van der Waals surface area contributed by atoms with Gasteiger partial charge in [0.05, 0.1) is 0 Å². The molecule has 0 aromatic heterocycles. The maximum Gasteiger partial charge on any atom is 0.323 e. The topological polar surface area (TPSA) is 116 Å². The van der Waals surface area contributed by atoms with Gasteiger partial charge in [-0.15, -0.1) is 0 Å². The third-order valence-corrected chi connectivity index (χ3v) is 1.48. The van der Waals surface area contributed by atoms with Crippen LogP contribution in [0, 0.1) is 6.92 Å². The predicted octanol–water partition coefficient (Wildman–Crippen LogP) is 1.92. The number of carboxylic acids is 1. The van der Waals surface area contributed by atoms with Crippen molar-refractivity contribution in [1.82, 2.24) is 5.32 Å². The van der Waals surface area contributed by atoms with Gasteiger partial charge in [0.1, 0.15) is 6.54 Å². The summed E-state index contributed by atoms with van der Waals surface area (Å²) in [5, 5.41) is 24.7. The first kappa shape index (κ1) is 23.2. The van der Waals surface area contributed by atoms with Crippen LogP contribution in [0.5, 0.6) is 0 Å². The second kappa shape index (κ2) is 15.1. The minimum Gasteiger partial charge on any atom is -0.487 e. The summed E-state index contributed by atoms with van der Waals surface area (Å²) < 4.78 is 0. The average molecular weight is 320 g/mol. The molecule has 114 valence electrons. The van der Waals surface area contributed by atoms with E-state index < -0.39 is 16.3 Å². The molecule has 20 heavy (non-hydrogen) atoms. The molecule has 0 bridgehead atoms. The molecule has 0 saturated heterocycles. The highest BCUT2D eigenvalue weighted by Gasteiger charge is 1.94. The Hall–Kier alpha value is -1.93. The molecular formula is C12H20N2O4S2. The zero-order valence-corrected chi connectivity index (χ0v) is 11.9. The van der Waals surface area contributed by atoms with Crippen LogP contribution in [-0.4, -0.2) is 38.2 Å². The van der Waals surface area contributed by atoms with E-state index >= 15 is 0 Å². The molecule has 6 nitrogen and oxygen atoms in total. The highest BCUT2D eigenvalue weighted by Crippen LogP contribution is 1.92. The van der Waals surface area contributed by atoms with Crippen LogP contribution in [0.15, 0.2) is 30.3 Å². The SMILES string of the molecule is C.Cc1ccccc1.NC(O)=S.O=C(O)CNC(O)=S. The zero-order valence-electron chi connectivity index (χ0n) is 10.2. The van der Waals surface area contributed by atoms with Crippen molar-refractivity contribution in [3.05, 3.63) is 35.9 Å². The van der Waals surface area contributed by atoms with E-state index in [0.717, 1.165) is 0 Å². The van der Waals surface area contributed by atoms with Gasteiger partial charge in [0, 0.05) is 0 Å². The molecule has 0 aliphatic rings. The lowest BCUT2D eigenvalue weighted by atomic mass is 10.2. The molecule has 0 spiro atoms. The minimum atomic E-state index is -1.05. The number of rotatable bonds is 2. The van der Waals surface area contributed by atoms with E-state index in [9.17, 15) is 4.79 Å². The predicted molar refractivity (Wildman–Crippen MR) is 88.2 cm³/mol. The van der Waals surface area contributed by atoms with Gasteiger partial charge in [-0.25, -0.2) is 0 Å². The van der Waals surface area contributed by atoms with Crippen LogP contribution < -0.4 is 11.1 Å². The van der Waals surface area contributed by atoms with Crippen LogP contribution in [0.1, 0.15) is 13.0 Å².